The number of rotatable bonds is 7. The Morgan fingerprint density at radius 3 is 2.73 bits per heavy atom. The van der Waals surface area contributed by atoms with Crippen molar-refractivity contribution in [2.24, 2.45) is 5.92 Å². The minimum absolute atomic E-state index is 0.0651. The molecule has 0 aliphatic carbocycles. The van der Waals surface area contributed by atoms with Crippen molar-refractivity contribution in [2.75, 3.05) is 13.2 Å². The Morgan fingerprint density at radius 2 is 2.07 bits per heavy atom. The Kier molecular flexibility index (Phi) is 5.88. The summed E-state index contributed by atoms with van der Waals surface area (Å²) in [4.78, 5) is 16.5. The highest BCUT2D eigenvalue weighted by molar-refractivity contribution is 7.83. The van der Waals surface area contributed by atoms with Crippen molar-refractivity contribution in [3.63, 3.8) is 0 Å². The van der Waals surface area contributed by atoms with Gasteiger partial charge in [-0.1, -0.05) is 20.8 Å². The molecule has 4 rings (SSSR count). The van der Waals surface area contributed by atoms with Crippen LogP contribution in [-0.4, -0.2) is 42.4 Å². The molecule has 3 aromatic rings. The van der Waals surface area contributed by atoms with E-state index in [2.05, 4.69) is 30.4 Å². The molecule has 0 saturated carbocycles. The summed E-state index contributed by atoms with van der Waals surface area (Å²) in [6.07, 6.45) is 6.69. The second kappa shape index (κ2) is 8.43. The fourth-order valence-electron chi connectivity index (χ4n) is 3.84. The van der Waals surface area contributed by atoms with Gasteiger partial charge in [0.15, 0.2) is 17.3 Å². The summed E-state index contributed by atoms with van der Waals surface area (Å²) in [7, 11) is -1.53. The maximum Gasteiger partial charge on any atom is 0.173 e. The van der Waals surface area contributed by atoms with Crippen LogP contribution in [0.3, 0.4) is 0 Å². The number of nitrogens with zero attached hydrogens (tertiary/aromatic N) is 4. The number of hydrogen-bond acceptors (Lipinski definition) is 5. The highest BCUT2D eigenvalue weighted by Crippen LogP contribution is 2.32. The highest BCUT2D eigenvalue weighted by atomic mass is 32.2. The molecule has 1 aromatic carbocycles. The van der Waals surface area contributed by atoms with Gasteiger partial charge in [0.2, 0.25) is 0 Å². The van der Waals surface area contributed by atoms with Crippen molar-refractivity contribution in [3.05, 3.63) is 42.0 Å². The van der Waals surface area contributed by atoms with E-state index in [0.717, 1.165) is 55.9 Å². The van der Waals surface area contributed by atoms with Crippen molar-refractivity contribution >= 4 is 28.3 Å². The fraction of sp³-hybridized carbons (Fsp3) is 0.500. The summed E-state index contributed by atoms with van der Waals surface area (Å²) in [5, 5.41) is 4.04. The van der Waals surface area contributed by atoms with Crippen molar-refractivity contribution in [1.82, 2.24) is 18.7 Å². The van der Waals surface area contributed by atoms with Crippen LogP contribution in [0.2, 0.25) is 0 Å². The number of fused-ring (bicyclic) bond motifs is 1. The molecular formula is C22H28N4O3S. The zero-order valence-corrected chi connectivity index (χ0v) is 18.5. The standard InChI is InChI=1S/C22H28N4O3S/c1-4-22(2,3)21-24-19-11-18(30(28)26-14-17(15-27)12-23-26)5-6-20(19)25(21)13-16-7-9-29-10-8-16/h5-6,11-12,14-16H,4,7-10,13H2,1-3H3. The van der Waals surface area contributed by atoms with Crippen molar-refractivity contribution in [3.8, 4) is 0 Å². The second-order valence-electron chi connectivity index (χ2n) is 8.53. The maximum atomic E-state index is 12.9. The van der Waals surface area contributed by atoms with Crippen LogP contribution in [0, 0.1) is 5.92 Å². The Hall–Kier alpha value is -2.32. The van der Waals surface area contributed by atoms with Gasteiger partial charge in [-0.15, -0.1) is 0 Å². The van der Waals surface area contributed by atoms with Crippen LogP contribution in [0.5, 0.6) is 0 Å². The monoisotopic (exact) mass is 428 g/mol. The maximum absolute atomic E-state index is 12.9. The van der Waals surface area contributed by atoms with Crippen LogP contribution in [0.15, 0.2) is 35.5 Å². The van der Waals surface area contributed by atoms with E-state index in [0.29, 0.717) is 22.7 Å². The molecule has 0 N–H and O–H groups in total. The van der Waals surface area contributed by atoms with Gasteiger partial charge in [-0.25, -0.2) is 9.19 Å². The SMILES string of the molecule is CCC(C)(C)c1nc2cc(S(=O)n3cc(C=O)cn3)ccc2n1CC1CCOCC1. The summed E-state index contributed by atoms with van der Waals surface area (Å²) in [5.41, 5.74) is 2.24. The molecule has 1 fully saturated rings. The first kappa shape index (κ1) is 20.9. The third-order valence-electron chi connectivity index (χ3n) is 6.08. The van der Waals surface area contributed by atoms with Crippen molar-refractivity contribution in [1.29, 1.82) is 0 Å². The molecule has 3 heterocycles. The highest BCUT2D eigenvalue weighted by Gasteiger charge is 2.28. The van der Waals surface area contributed by atoms with Crippen LogP contribution >= 0.6 is 0 Å². The van der Waals surface area contributed by atoms with Crippen LogP contribution in [0.1, 0.15) is 56.2 Å². The average molecular weight is 429 g/mol. The molecule has 1 atom stereocenters. The first-order chi connectivity index (χ1) is 14.4. The number of carbonyl (C=O) groups excluding carboxylic acids is 1. The van der Waals surface area contributed by atoms with E-state index in [-0.39, 0.29) is 5.41 Å². The lowest BCUT2D eigenvalue weighted by atomic mass is 9.89. The van der Waals surface area contributed by atoms with Crippen LogP contribution < -0.4 is 0 Å². The van der Waals surface area contributed by atoms with Crippen LogP contribution in [-0.2, 0) is 27.7 Å². The van der Waals surface area contributed by atoms with Gasteiger partial charge in [0.1, 0.15) is 5.82 Å². The van der Waals surface area contributed by atoms with Gasteiger partial charge in [0, 0.05) is 25.2 Å². The molecule has 0 spiro atoms. The smallest absolute Gasteiger partial charge is 0.173 e. The molecule has 0 radical (unpaired) electrons. The number of ether oxygens (including phenoxy) is 1. The van der Waals surface area contributed by atoms with Gasteiger partial charge < -0.3 is 9.30 Å². The fourth-order valence-corrected chi connectivity index (χ4v) is 4.81. The summed E-state index contributed by atoms with van der Waals surface area (Å²) in [6.45, 7) is 9.18. The molecule has 0 bridgehead atoms. The Balaban J connectivity index is 1.74. The van der Waals surface area contributed by atoms with Gasteiger partial charge in [-0.3, -0.25) is 4.79 Å². The molecule has 160 valence electrons. The molecule has 1 aliphatic heterocycles. The van der Waals surface area contributed by atoms with Gasteiger partial charge >= 0.3 is 0 Å². The van der Waals surface area contributed by atoms with E-state index in [1.54, 1.807) is 0 Å². The molecule has 8 heteroatoms. The van der Waals surface area contributed by atoms with E-state index < -0.39 is 11.0 Å². The van der Waals surface area contributed by atoms with Gasteiger partial charge in [0.05, 0.1) is 33.9 Å². The minimum atomic E-state index is -1.53. The number of imidazole rings is 1. The number of aromatic nitrogens is 4. The first-order valence-electron chi connectivity index (χ1n) is 10.4. The number of aldehydes is 1. The number of carbonyl (C=O) groups is 1. The number of hydrogen-bond donors (Lipinski definition) is 0. The predicted molar refractivity (Wildman–Crippen MR) is 116 cm³/mol. The Bertz CT molecular complexity index is 1080. The summed E-state index contributed by atoms with van der Waals surface area (Å²) in [6, 6.07) is 5.75. The zero-order valence-electron chi connectivity index (χ0n) is 17.7. The molecular weight excluding hydrogens is 400 g/mol. The second-order valence-corrected chi connectivity index (χ2v) is 9.88. The van der Waals surface area contributed by atoms with Crippen LogP contribution in [0.4, 0.5) is 0 Å². The quantitative estimate of drug-likeness (QED) is 0.536. The summed E-state index contributed by atoms with van der Waals surface area (Å²) in [5.74, 6) is 1.64. The average Bonchev–Trinajstić information content (AvgIpc) is 3.39. The molecule has 0 amide bonds. The van der Waals surface area contributed by atoms with Crippen LogP contribution in [0.25, 0.3) is 11.0 Å². The molecule has 2 aromatic heterocycles. The molecule has 1 saturated heterocycles. The van der Waals surface area contributed by atoms with Gasteiger partial charge in [-0.05, 0) is 43.4 Å². The molecule has 1 unspecified atom stereocenters. The summed E-state index contributed by atoms with van der Waals surface area (Å²) < 4.78 is 22.1. The Morgan fingerprint density at radius 1 is 1.30 bits per heavy atom. The lowest BCUT2D eigenvalue weighted by Gasteiger charge is -2.28. The van der Waals surface area contributed by atoms with E-state index in [1.165, 1.54) is 16.5 Å². The first-order valence-corrected chi connectivity index (χ1v) is 11.5. The van der Waals surface area contributed by atoms with Crippen molar-refractivity contribution < 1.29 is 13.7 Å². The largest absolute Gasteiger partial charge is 0.381 e. The van der Waals surface area contributed by atoms with Crippen molar-refractivity contribution in [2.45, 2.75) is 56.9 Å². The normalized spacial score (nSPS) is 16.8. The zero-order chi connectivity index (χ0) is 21.3. The third-order valence-corrected chi connectivity index (χ3v) is 7.27. The lowest BCUT2D eigenvalue weighted by Crippen LogP contribution is -2.26. The molecule has 7 nitrogen and oxygen atoms in total. The number of benzene rings is 1. The Labute approximate surface area is 179 Å². The molecule has 1 aliphatic rings. The lowest BCUT2D eigenvalue weighted by molar-refractivity contribution is 0.0611. The van der Waals surface area contributed by atoms with Gasteiger partial charge in [0.25, 0.3) is 0 Å². The minimum Gasteiger partial charge on any atom is -0.381 e. The van der Waals surface area contributed by atoms with Gasteiger partial charge in [-0.2, -0.15) is 9.19 Å². The topological polar surface area (TPSA) is 79.0 Å². The van der Waals surface area contributed by atoms with E-state index in [1.807, 2.05) is 18.2 Å². The molecule has 30 heavy (non-hydrogen) atoms. The summed E-state index contributed by atoms with van der Waals surface area (Å²) >= 11 is 0. The van der Waals surface area contributed by atoms with E-state index >= 15 is 0 Å². The van der Waals surface area contributed by atoms with E-state index in [9.17, 15) is 9.00 Å². The van der Waals surface area contributed by atoms with E-state index in [4.69, 9.17) is 9.72 Å². The third kappa shape index (κ3) is 3.98. The predicted octanol–water partition coefficient (Wildman–Crippen LogP) is 3.73.